The fourth-order valence-corrected chi connectivity index (χ4v) is 2.19. The summed E-state index contributed by atoms with van der Waals surface area (Å²) in [5, 5.41) is 6.29. The molecule has 1 rings (SSSR count). The van der Waals surface area contributed by atoms with Crippen LogP contribution in [0.5, 0.6) is 0 Å². The van der Waals surface area contributed by atoms with Crippen molar-refractivity contribution in [2.24, 2.45) is 10.9 Å². The largest absolute Gasteiger partial charge is 0.381 e. The lowest BCUT2D eigenvalue weighted by atomic mass is 10.2. The number of benzene rings is 1. The summed E-state index contributed by atoms with van der Waals surface area (Å²) >= 11 is 3.34. The second-order valence-electron chi connectivity index (χ2n) is 5.41. The van der Waals surface area contributed by atoms with Crippen LogP contribution in [0.15, 0.2) is 27.7 Å². The molecule has 2 N–H and O–H groups in total. The van der Waals surface area contributed by atoms with E-state index in [-0.39, 0.29) is 29.8 Å². The van der Waals surface area contributed by atoms with E-state index in [1.165, 1.54) is 6.07 Å². The van der Waals surface area contributed by atoms with Crippen LogP contribution in [0, 0.1) is 11.7 Å². The predicted molar refractivity (Wildman–Crippen MR) is 108 cm³/mol. The van der Waals surface area contributed by atoms with Crippen LogP contribution in [-0.4, -0.2) is 32.8 Å². The molecule has 4 nitrogen and oxygen atoms in total. The molecule has 0 atom stereocenters. The summed E-state index contributed by atoms with van der Waals surface area (Å²) in [4.78, 5) is 4.12. The molecule has 23 heavy (non-hydrogen) atoms. The van der Waals surface area contributed by atoms with Crippen molar-refractivity contribution in [3.8, 4) is 0 Å². The molecule has 0 aliphatic rings. The van der Waals surface area contributed by atoms with Gasteiger partial charge in [-0.2, -0.15) is 0 Å². The maximum Gasteiger partial charge on any atom is 0.191 e. The number of aliphatic imine (C=N–C) groups is 1. The Hall–Kier alpha value is -0.410. The molecule has 0 unspecified atom stereocenters. The van der Waals surface area contributed by atoms with Gasteiger partial charge in [-0.3, -0.25) is 4.99 Å². The molecular weight excluding hydrogens is 476 g/mol. The lowest BCUT2D eigenvalue weighted by molar-refractivity contribution is 0.108. The number of guanidine groups is 1. The van der Waals surface area contributed by atoms with Crippen molar-refractivity contribution < 1.29 is 9.13 Å². The van der Waals surface area contributed by atoms with Crippen molar-refractivity contribution in [3.63, 3.8) is 0 Å². The zero-order valence-electron chi connectivity index (χ0n) is 13.9. The molecule has 0 spiro atoms. The molecule has 0 heterocycles. The molecule has 1 aromatic rings. The van der Waals surface area contributed by atoms with Crippen LogP contribution in [0.1, 0.15) is 25.8 Å². The summed E-state index contributed by atoms with van der Waals surface area (Å²) in [6.07, 6.45) is 0.901. The first-order valence-corrected chi connectivity index (χ1v) is 8.28. The van der Waals surface area contributed by atoms with Gasteiger partial charge in [-0.1, -0.05) is 29.8 Å². The first-order chi connectivity index (χ1) is 10.5. The molecule has 0 aromatic heterocycles. The van der Waals surface area contributed by atoms with Gasteiger partial charge in [0.1, 0.15) is 5.82 Å². The van der Waals surface area contributed by atoms with Crippen molar-refractivity contribution in [3.05, 3.63) is 34.1 Å². The van der Waals surface area contributed by atoms with E-state index in [1.54, 1.807) is 19.2 Å². The highest BCUT2D eigenvalue weighted by Gasteiger charge is 2.04. The maximum atomic E-state index is 13.6. The lowest BCUT2D eigenvalue weighted by Crippen LogP contribution is -2.37. The molecule has 0 bridgehead atoms. The molecule has 132 valence electrons. The number of ether oxygens (including phenoxy) is 1. The topological polar surface area (TPSA) is 45.7 Å². The van der Waals surface area contributed by atoms with Gasteiger partial charge >= 0.3 is 0 Å². The Bertz CT molecular complexity index is 486. The minimum absolute atomic E-state index is 0. The standard InChI is InChI=1S/C16H25BrFN3O.HI/c1-12(2)11-22-8-4-7-20-16(19-3)21-10-13-9-14(17)5-6-15(13)18;/h5-6,9,12H,4,7-8,10-11H2,1-3H3,(H2,19,20,21);1H. The van der Waals surface area contributed by atoms with Crippen LogP contribution in [0.4, 0.5) is 4.39 Å². The molecule has 0 saturated carbocycles. The fourth-order valence-electron chi connectivity index (χ4n) is 1.78. The van der Waals surface area contributed by atoms with E-state index >= 15 is 0 Å². The predicted octanol–water partition coefficient (Wildman–Crippen LogP) is 3.93. The Kier molecular flexibility index (Phi) is 12.7. The SMILES string of the molecule is CN=C(NCCCOCC(C)C)NCc1cc(Br)ccc1F.I. The second-order valence-corrected chi connectivity index (χ2v) is 6.33. The van der Waals surface area contributed by atoms with Crippen molar-refractivity contribution >= 4 is 45.9 Å². The highest BCUT2D eigenvalue weighted by Crippen LogP contribution is 2.15. The van der Waals surface area contributed by atoms with Crippen LogP contribution in [0.25, 0.3) is 0 Å². The van der Waals surface area contributed by atoms with E-state index in [0.29, 0.717) is 24.0 Å². The summed E-state index contributed by atoms with van der Waals surface area (Å²) in [6.45, 7) is 6.92. The summed E-state index contributed by atoms with van der Waals surface area (Å²) in [6, 6.07) is 4.89. The molecule has 0 saturated heterocycles. The van der Waals surface area contributed by atoms with Crippen molar-refractivity contribution in [2.45, 2.75) is 26.8 Å². The number of halogens is 3. The van der Waals surface area contributed by atoms with Gasteiger partial charge < -0.3 is 15.4 Å². The van der Waals surface area contributed by atoms with Crippen LogP contribution >= 0.6 is 39.9 Å². The molecule has 0 aliphatic carbocycles. The maximum absolute atomic E-state index is 13.6. The van der Waals surface area contributed by atoms with E-state index in [2.05, 4.69) is 45.4 Å². The first-order valence-electron chi connectivity index (χ1n) is 7.49. The highest BCUT2D eigenvalue weighted by molar-refractivity contribution is 14.0. The van der Waals surface area contributed by atoms with Gasteiger partial charge in [0.05, 0.1) is 0 Å². The van der Waals surface area contributed by atoms with Gasteiger partial charge in [0.2, 0.25) is 0 Å². The van der Waals surface area contributed by atoms with Crippen LogP contribution in [-0.2, 0) is 11.3 Å². The van der Waals surface area contributed by atoms with Gasteiger partial charge in [-0.15, -0.1) is 24.0 Å². The Morgan fingerprint density at radius 1 is 1.35 bits per heavy atom. The average Bonchev–Trinajstić information content (AvgIpc) is 2.48. The molecular formula is C16H26BrFIN3O. The third kappa shape index (κ3) is 10.1. The monoisotopic (exact) mass is 501 g/mol. The number of hydrogen-bond acceptors (Lipinski definition) is 2. The Morgan fingerprint density at radius 3 is 2.74 bits per heavy atom. The molecule has 0 radical (unpaired) electrons. The van der Waals surface area contributed by atoms with Crippen LogP contribution < -0.4 is 10.6 Å². The minimum atomic E-state index is -0.228. The normalized spacial score (nSPS) is 11.3. The smallest absolute Gasteiger partial charge is 0.191 e. The summed E-state index contributed by atoms with van der Waals surface area (Å²) < 4.78 is 20.0. The third-order valence-corrected chi connectivity index (χ3v) is 3.38. The van der Waals surface area contributed by atoms with Crippen molar-refractivity contribution in [1.29, 1.82) is 0 Å². The number of hydrogen-bond donors (Lipinski definition) is 2. The van der Waals surface area contributed by atoms with Gasteiger partial charge in [-0.05, 0) is 30.5 Å². The van der Waals surface area contributed by atoms with Gasteiger partial charge in [0.15, 0.2) is 5.96 Å². The Morgan fingerprint density at radius 2 is 2.09 bits per heavy atom. The van der Waals surface area contributed by atoms with Crippen LogP contribution in [0.2, 0.25) is 0 Å². The van der Waals surface area contributed by atoms with Gasteiger partial charge in [-0.25, -0.2) is 4.39 Å². The van der Waals surface area contributed by atoms with E-state index in [0.717, 1.165) is 30.7 Å². The number of nitrogens with one attached hydrogen (secondary N) is 2. The Balaban J connectivity index is 0.00000484. The molecule has 0 aliphatic heterocycles. The quantitative estimate of drug-likeness (QED) is 0.245. The number of rotatable bonds is 8. The third-order valence-electron chi connectivity index (χ3n) is 2.89. The van der Waals surface area contributed by atoms with Crippen LogP contribution in [0.3, 0.4) is 0 Å². The lowest BCUT2D eigenvalue weighted by Gasteiger charge is -2.13. The summed E-state index contributed by atoms with van der Waals surface area (Å²) in [7, 11) is 1.70. The first kappa shape index (κ1) is 22.6. The summed E-state index contributed by atoms with van der Waals surface area (Å²) in [5.41, 5.74) is 0.595. The molecule has 0 amide bonds. The zero-order valence-corrected chi connectivity index (χ0v) is 17.8. The van der Waals surface area contributed by atoms with Gasteiger partial charge in [0.25, 0.3) is 0 Å². The Labute approximate surface area is 163 Å². The average molecular weight is 502 g/mol. The van der Waals surface area contributed by atoms with Gasteiger partial charge in [0, 0.05) is 43.4 Å². The molecule has 1 aromatic carbocycles. The van der Waals surface area contributed by atoms with E-state index in [4.69, 9.17) is 4.74 Å². The second kappa shape index (κ2) is 12.9. The minimum Gasteiger partial charge on any atom is -0.381 e. The van der Waals surface area contributed by atoms with Crippen molar-refractivity contribution in [1.82, 2.24) is 10.6 Å². The van der Waals surface area contributed by atoms with E-state index in [9.17, 15) is 4.39 Å². The summed E-state index contributed by atoms with van der Waals surface area (Å²) in [5.74, 6) is 0.985. The molecule has 7 heteroatoms. The molecule has 0 fully saturated rings. The zero-order chi connectivity index (χ0) is 16.4. The fraction of sp³-hybridized carbons (Fsp3) is 0.562. The number of nitrogens with zero attached hydrogens (tertiary/aromatic N) is 1. The van der Waals surface area contributed by atoms with Crippen molar-refractivity contribution in [2.75, 3.05) is 26.8 Å². The van der Waals surface area contributed by atoms with E-state index in [1.807, 2.05) is 0 Å². The van der Waals surface area contributed by atoms with E-state index < -0.39 is 0 Å². The highest BCUT2D eigenvalue weighted by atomic mass is 127.